The zero-order chi connectivity index (χ0) is 19.6. The Labute approximate surface area is 158 Å². The van der Waals surface area contributed by atoms with Gasteiger partial charge in [-0.15, -0.1) is 0 Å². The number of carbonyl (C=O) groups is 2. The van der Waals surface area contributed by atoms with Crippen LogP contribution in [0.2, 0.25) is 0 Å². The second-order valence-corrected chi connectivity index (χ2v) is 6.19. The highest BCUT2D eigenvalue weighted by Gasteiger charge is 2.14. The maximum atomic E-state index is 12.4. The molecular formula is C20H24N2O5. The standard InChI is InChI=1S/C20H24N2O5/c1-14(2)27-17-5-3-11-21-19(17)20(25)22-13-15-7-9-16(10-8-15)26-12-4-6-18(23)24/h3,5,7-11,14H,4,6,12-13H2,1-2H3,(H,22,25)(H,23,24). The molecule has 144 valence electrons. The number of rotatable bonds is 10. The minimum Gasteiger partial charge on any atom is -0.494 e. The molecule has 0 atom stereocenters. The average molecular weight is 372 g/mol. The lowest BCUT2D eigenvalue weighted by molar-refractivity contribution is -0.137. The summed E-state index contributed by atoms with van der Waals surface area (Å²) in [5.74, 6) is -0.0253. The number of carboxylic acids is 1. The first-order chi connectivity index (χ1) is 13.0. The van der Waals surface area contributed by atoms with Crippen LogP contribution in [-0.4, -0.2) is 34.7 Å². The van der Waals surface area contributed by atoms with Crippen LogP contribution in [0, 0.1) is 0 Å². The second kappa shape index (κ2) is 10.2. The van der Waals surface area contributed by atoms with E-state index >= 15 is 0 Å². The number of ether oxygens (including phenoxy) is 2. The van der Waals surface area contributed by atoms with Gasteiger partial charge in [-0.05, 0) is 50.1 Å². The Bertz CT molecular complexity index is 759. The molecule has 0 unspecified atom stereocenters. The quantitative estimate of drug-likeness (QED) is 0.622. The molecule has 2 aromatic rings. The third-order valence-electron chi connectivity index (χ3n) is 3.53. The van der Waals surface area contributed by atoms with Crippen LogP contribution in [-0.2, 0) is 11.3 Å². The van der Waals surface area contributed by atoms with Gasteiger partial charge >= 0.3 is 5.97 Å². The third kappa shape index (κ3) is 6.97. The van der Waals surface area contributed by atoms with Gasteiger partial charge in [0.2, 0.25) is 0 Å². The lowest BCUT2D eigenvalue weighted by Gasteiger charge is -2.13. The van der Waals surface area contributed by atoms with Crippen LogP contribution in [0.4, 0.5) is 0 Å². The van der Waals surface area contributed by atoms with E-state index in [4.69, 9.17) is 14.6 Å². The molecule has 1 heterocycles. The molecule has 0 aliphatic carbocycles. The smallest absolute Gasteiger partial charge is 0.303 e. The predicted molar refractivity (Wildman–Crippen MR) is 100.0 cm³/mol. The number of hydrogen-bond acceptors (Lipinski definition) is 5. The highest BCUT2D eigenvalue weighted by molar-refractivity contribution is 5.94. The van der Waals surface area contributed by atoms with Crippen LogP contribution >= 0.6 is 0 Å². The summed E-state index contributed by atoms with van der Waals surface area (Å²) in [5, 5.41) is 11.4. The molecule has 0 fully saturated rings. The first-order valence-corrected chi connectivity index (χ1v) is 8.79. The molecular weight excluding hydrogens is 348 g/mol. The molecule has 0 aliphatic heterocycles. The molecule has 2 N–H and O–H groups in total. The fraction of sp³-hybridized carbons (Fsp3) is 0.350. The summed E-state index contributed by atoms with van der Waals surface area (Å²) in [6.07, 6.45) is 2.04. The van der Waals surface area contributed by atoms with E-state index < -0.39 is 5.97 Å². The zero-order valence-electron chi connectivity index (χ0n) is 15.5. The van der Waals surface area contributed by atoms with Crippen LogP contribution in [0.1, 0.15) is 42.7 Å². The van der Waals surface area contributed by atoms with Crippen molar-refractivity contribution in [3.05, 3.63) is 53.9 Å². The monoisotopic (exact) mass is 372 g/mol. The normalized spacial score (nSPS) is 10.5. The molecule has 0 radical (unpaired) electrons. The summed E-state index contributed by atoms with van der Waals surface area (Å²) in [4.78, 5) is 27.0. The Morgan fingerprint density at radius 1 is 1.19 bits per heavy atom. The van der Waals surface area contributed by atoms with E-state index in [2.05, 4.69) is 10.3 Å². The zero-order valence-corrected chi connectivity index (χ0v) is 15.5. The van der Waals surface area contributed by atoms with Gasteiger partial charge in [-0.1, -0.05) is 12.1 Å². The van der Waals surface area contributed by atoms with Gasteiger partial charge in [0.05, 0.1) is 12.7 Å². The van der Waals surface area contributed by atoms with E-state index in [1.165, 1.54) is 0 Å². The molecule has 1 aromatic heterocycles. The van der Waals surface area contributed by atoms with Crippen LogP contribution < -0.4 is 14.8 Å². The minimum absolute atomic E-state index is 0.0520. The van der Waals surface area contributed by atoms with E-state index in [9.17, 15) is 9.59 Å². The van der Waals surface area contributed by atoms with Crippen molar-refractivity contribution >= 4 is 11.9 Å². The van der Waals surface area contributed by atoms with E-state index in [-0.39, 0.29) is 24.1 Å². The van der Waals surface area contributed by atoms with Gasteiger partial charge in [-0.2, -0.15) is 0 Å². The number of hydrogen-bond donors (Lipinski definition) is 2. The van der Waals surface area contributed by atoms with E-state index in [1.807, 2.05) is 26.0 Å². The van der Waals surface area contributed by atoms with Crippen molar-refractivity contribution in [1.29, 1.82) is 0 Å². The van der Waals surface area contributed by atoms with Gasteiger partial charge < -0.3 is 19.9 Å². The van der Waals surface area contributed by atoms with Crippen molar-refractivity contribution in [2.24, 2.45) is 0 Å². The maximum absolute atomic E-state index is 12.4. The van der Waals surface area contributed by atoms with Crippen molar-refractivity contribution < 1.29 is 24.2 Å². The Balaban J connectivity index is 1.86. The fourth-order valence-corrected chi connectivity index (χ4v) is 2.29. The molecule has 27 heavy (non-hydrogen) atoms. The molecule has 7 nitrogen and oxygen atoms in total. The number of aliphatic carboxylic acids is 1. The Kier molecular flexibility index (Phi) is 7.61. The minimum atomic E-state index is -0.834. The van der Waals surface area contributed by atoms with E-state index in [1.54, 1.807) is 30.5 Å². The second-order valence-electron chi connectivity index (χ2n) is 6.19. The maximum Gasteiger partial charge on any atom is 0.303 e. The van der Waals surface area contributed by atoms with Gasteiger partial charge in [-0.3, -0.25) is 9.59 Å². The van der Waals surface area contributed by atoms with Gasteiger partial charge in [0, 0.05) is 19.2 Å². The first kappa shape index (κ1) is 20.2. The fourth-order valence-electron chi connectivity index (χ4n) is 2.29. The molecule has 0 saturated heterocycles. The molecule has 1 amide bonds. The number of pyridine rings is 1. The number of benzene rings is 1. The van der Waals surface area contributed by atoms with Crippen molar-refractivity contribution in [2.75, 3.05) is 6.61 Å². The van der Waals surface area contributed by atoms with Crippen molar-refractivity contribution in [1.82, 2.24) is 10.3 Å². The molecule has 0 bridgehead atoms. The van der Waals surface area contributed by atoms with E-state index in [0.717, 1.165) is 5.56 Å². The summed E-state index contributed by atoms with van der Waals surface area (Å²) in [6, 6.07) is 10.7. The van der Waals surface area contributed by atoms with Crippen LogP contribution in [0.25, 0.3) is 0 Å². The molecule has 7 heteroatoms. The Morgan fingerprint density at radius 2 is 1.93 bits per heavy atom. The molecule has 1 aromatic carbocycles. The molecule has 0 saturated carbocycles. The number of nitrogens with zero attached hydrogens (tertiary/aromatic N) is 1. The van der Waals surface area contributed by atoms with Crippen LogP contribution in [0.5, 0.6) is 11.5 Å². The van der Waals surface area contributed by atoms with Crippen molar-refractivity contribution in [3.63, 3.8) is 0 Å². The summed E-state index contributed by atoms with van der Waals surface area (Å²) in [6.45, 7) is 4.47. The summed E-state index contributed by atoms with van der Waals surface area (Å²) in [7, 11) is 0. The molecule has 0 spiro atoms. The number of amides is 1. The highest BCUT2D eigenvalue weighted by Crippen LogP contribution is 2.17. The van der Waals surface area contributed by atoms with Gasteiger partial charge in [0.15, 0.2) is 11.4 Å². The number of carbonyl (C=O) groups excluding carboxylic acids is 1. The van der Waals surface area contributed by atoms with Crippen LogP contribution in [0.3, 0.4) is 0 Å². The first-order valence-electron chi connectivity index (χ1n) is 8.79. The Morgan fingerprint density at radius 3 is 2.59 bits per heavy atom. The predicted octanol–water partition coefficient (Wildman–Crippen LogP) is 3.04. The summed E-state index contributed by atoms with van der Waals surface area (Å²) in [5.41, 5.74) is 1.16. The van der Waals surface area contributed by atoms with Gasteiger partial charge in [0.1, 0.15) is 5.75 Å². The highest BCUT2D eigenvalue weighted by atomic mass is 16.5. The SMILES string of the molecule is CC(C)Oc1cccnc1C(=O)NCc1ccc(OCCCC(=O)O)cc1. The third-order valence-corrected chi connectivity index (χ3v) is 3.53. The number of carboxylic acid groups (broad SMARTS) is 1. The molecule has 0 aliphatic rings. The summed E-state index contributed by atoms with van der Waals surface area (Å²) < 4.78 is 11.1. The van der Waals surface area contributed by atoms with Crippen LogP contribution in [0.15, 0.2) is 42.6 Å². The van der Waals surface area contributed by atoms with Gasteiger partial charge in [0.25, 0.3) is 5.91 Å². The lowest BCUT2D eigenvalue weighted by Crippen LogP contribution is -2.25. The largest absolute Gasteiger partial charge is 0.494 e. The topological polar surface area (TPSA) is 97.8 Å². The average Bonchev–Trinajstić information content (AvgIpc) is 2.64. The number of nitrogens with one attached hydrogen (secondary N) is 1. The lowest BCUT2D eigenvalue weighted by atomic mass is 10.2. The Hall–Kier alpha value is -3.09. The molecule has 2 rings (SSSR count). The number of aromatic nitrogens is 1. The summed E-state index contributed by atoms with van der Waals surface area (Å²) >= 11 is 0. The van der Waals surface area contributed by atoms with Crippen molar-refractivity contribution in [3.8, 4) is 11.5 Å². The van der Waals surface area contributed by atoms with E-state index in [0.29, 0.717) is 31.1 Å². The van der Waals surface area contributed by atoms with Gasteiger partial charge in [-0.25, -0.2) is 4.98 Å². The van der Waals surface area contributed by atoms with Crippen molar-refractivity contribution in [2.45, 2.75) is 39.3 Å².